The standard InChI is InChI=1S/C18H19N5O2/c1-13-10-14(2)12-15(11-13)18(25)19-7-9-23-17(24)5-4-16(21-23)22-8-3-6-20-22/h3-6,8,10-12H,7,9H2,1-2H3,(H,19,25). The quantitative estimate of drug-likeness (QED) is 0.764. The number of nitrogens with one attached hydrogen (secondary N) is 1. The molecule has 0 atom stereocenters. The Morgan fingerprint density at radius 3 is 2.60 bits per heavy atom. The van der Waals surface area contributed by atoms with E-state index in [1.807, 2.05) is 32.0 Å². The van der Waals surface area contributed by atoms with E-state index in [1.54, 1.807) is 29.2 Å². The minimum absolute atomic E-state index is 0.164. The van der Waals surface area contributed by atoms with Crippen molar-refractivity contribution in [1.82, 2.24) is 24.9 Å². The van der Waals surface area contributed by atoms with E-state index in [0.29, 0.717) is 17.9 Å². The van der Waals surface area contributed by atoms with Crippen LogP contribution in [-0.2, 0) is 6.54 Å². The molecule has 1 aromatic carbocycles. The maximum Gasteiger partial charge on any atom is 0.266 e. The van der Waals surface area contributed by atoms with Gasteiger partial charge in [0.2, 0.25) is 0 Å². The third-order valence-electron chi connectivity index (χ3n) is 3.68. The molecule has 0 saturated heterocycles. The number of carbonyl (C=O) groups excluding carboxylic acids is 1. The summed E-state index contributed by atoms with van der Waals surface area (Å²) in [5.41, 5.74) is 2.46. The lowest BCUT2D eigenvalue weighted by Crippen LogP contribution is -2.32. The van der Waals surface area contributed by atoms with Gasteiger partial charge in [0.1, 0.15) is 0 Å². The largest absolute Gasteiger partial charge is 0.350 e. The lowest BCUT2D eigenvalue weighted by molar-refractivity contribution is 0.0951. The molecule has 0 bridgehead atoms. The Labute approximate surface area is 144 Å². The monoisotopic (exact) mass is 337 g/mol. The molecule has 128 valence electrons. The van der Waals surface area contributed by atoms with Crippen LogP contribution in [0.1, 0.15) is 21.5 Å². The molecule has 0 fully saturated rings. The Balaban J connectivity index is 1.66. The Morgan fingerprint density at radius 2 is 1.92 bits per heavy atom. The zero-order valence-electron chi connectivity index (χ0n) is 14.1. The van der Waals surface area contributed by atoms with Gasteiger partial charge < -0.3 is 5.32 Å². The molecule has 0 saturated carbocycles. The second-order valence-electron chi connectivity index (χ2n) is 5.84. The molecule has 0 aliphatic carbocycles. The minimum Gasteiger partial charge on any atom is -0.350 e. The van der Waals surface area contributed by atoms with Gasteiger partial charge in [-0.3, -0.25) is 9.59 Å². The summed E-state index contributed by atoms with van der Waals surface area (Å²) in [6.07, 6.45) is 3.39. The molecule has 1 amide bonds. The van der Waals surface area contributed by atoms with Gasteiger partial charge in [0.05, 0.1) is 6.54 Å². The van der Waals surface area contributed by atoms with Gasteiger partial charge in [-0.25, -0.2) is 9.36 Å². The van der Waals surface area contributed by atoms with Crippen molar-refractivity contribution in [3.63, 3.8) is 0 Å². The molecule has 0 aliphatic heterocycles. The number of carbonyl (C=O) groups is 1. The summed E-state index contributed by atoms with van der Waals surface area (Å²) in [4.78, 5) is 24.2. The molecular formula is C18H19N5O2. The summed E-state index contributed by atoms with van der Waals surface area (Å²) in [5.74, 6) is 0.383. The fraction of sp³-hybridized carbons (Fsp3) is 0.222. The van der Waals surface area contributed by atoms with E-state index in [4.69, 9.17) is 0 Å². The smallest absolute Gasteiger partial charge is 0.266 e. The maximum absolute atomic E-state index is 12.2. The number of aryl methyl sites for hydroxylation is 2. The van der Waals surface area contributed by atoms with Crippen molar-refractivity contribution in [2.75, 3.05) is 6.54 Å². The lowest BCUT2D eigenvalue weighted by Gasteiger charge is -2.09. The average Bonchev–Trinajstić information content (AvgIpc) is 3.10. The Morgan fingerprint density at radius 1 is 1.16 bits per heavy atom. The fourth-order valence-electron chi connectivity index (χ4n) is 2.61. The van der Waals surface area contributed by atoms with Gasteiger partial charge in [0.25, 0.3) is 11.5 Å². The molecule has 2 aromatic heterocycles. The van der Waals surface area contributed by atoms with Gasteiger partial charge >= 0.3 is 0 Å². The summed E-state index contributed by atoms with van der Waals surface area (Å²) < 4.78 is 2.89. The van der Waals surface area contributed by atoms with Crippen molar-refractivity contribution < 1.29 is 4.79 Å². The molecule has 0 aliphatic rings. The highest BCUT2D eigenvalue weighted by Crippen LogP contribution is 2.08. The fourth-order valence-corrected chi connectivity index (χ4v) is 2.61. The number of hydrogen-bond acceptors (Lipinski definition) is 4. The Bertz CT molecular complexity index is 924. The normalized spacial score (nSPS) is 10.6. The second kappa shape index (κ2) is 7.12. The molecule has 0 unspecified atom stereocenters. The van der Waals surface area contributed by atoms with Gasteiger partial charge in [-0.05, 0) is 38.1 Å². The van der Waals surface area contributed by atoms with Crippen molar-refractivity contribution in [3.05, 3.63) is 75.8 Å². The van der Waals surface area contributed by atoms with Crippen LogP contribution in [-0.4, -0.2) is 32.0 Å². The van der Waals surface area contributed by atoms with Crippen molar-refractivity contribution in [2.24, 2.45) is 0 Å². The highest BCUT2D eigenvalue weighted by molar-refractivity contribution is 5.94. The van der Waals surface area contributed by atoms with E-state index in [9.17, 15) is 9.59 Å². The van der Waals surface area contributed by atoms with Crippen molar-refractivity contribution in [1.29, 1.82) is 0 Å². The SMILES string of the molecule is Cc1cc(C)cc(C(=O)NCCn2nc(-n3cccn3)ccc2=O)c1. The van der Waals surface area contributed by atoms with Crippen LogP contribution in [0.5, 0.6) is 0 Å². The van der Waals surface area contributed by atoms with E-state index < -0.39 is 0 Å². The first-order valence-electron chi connectivity index (χ1n) is 7.97. The van der Waals surface area contributed by atoms with Gasteiger partial charge in [0.15, 0.2) is 5.82 Å². The van der Waals surface area contributed by atoms with Crippen LogP contribution in [0.15, 0.2) is 53.6 Å². The predicted molar refractivity (Wildman–Crippen MR) is 93.9 cm³/mol. The average molecular weight is 337 g/mol. The van der Waals surface area contributed by atoms with Crippen LogP contribution in [0.4, 0.5) is 0 Å². The number of amides is 1. The van der Waals surface area contributed by atoms with E-state index in [-0.39, 0.29) is 18.0 Å². The van der Waals surface area contributed by atoms with E-state index in [1.165, 1.54) is 10.7 Å². The number of rotatable bonds is 5. The van der Waals surface area contributed by atoms with Crippen LogP contribution in [0, 0.1) is 13.8 Å². The highest BCUT2D eigenvalue weighted by Gasteiger charge is 2.07. The molecule has 0 spiro atoms. The summed E-state index contributed by atoms with van der Waals surface area (Å²) in [6.45, 7) is 4.49. The van der Waals surface area contributed by atoms with E-state index >= 15 is 0 Å². The molecule has 2 heterocycles. The summed E-state index contributed by atoms with van der Waals surface area (Å²) >= 11 is 0. The number of aromatic nitrogens is 4. The molecule has 25 heavy (non-hydrogen) atoms. The van der Waals surface area contributed by atoms with E-state index in [2.05, 4.69) is 15.5 Å². The second-order valence-corrected chi connectivity index (χ2v) is 5.84. The third kappa shape index (κ3) is 4.00. The zero-order chi connectivity index (χ0) is 17.8. The Kier molecular flexibility index (Phi) is 4.74. The summed E-state index contributed by atoms with van der Waals surface area (Å²) in [6, 6.07) is 10.5. The Hall–Kier alpha value is -3.22. The number of nitrogens with zero attached hydrogens (tertiary/aromatic N) is 4. The molecule has 3 aromatic rings. The summed E-state index contributed by atoms with van der Waals surface area (Å²) in [7, 11) is 0. The van der Waals surface area contributed by atoms with Crippen molar-refractivity contribution in [3.8, 4) is 5.82 Å². The molecule has 7 heteroatoms. The number of benzene rings is 1. The maximum atomic E-state index is 12.2. The predicted octanol–water partition coefficient (Wildman–Crippen LogP) is 1.48. The first kappa shape index (κ1) is 16.6. The first-order valence-corrected chi connectivity index (χ1v) is 7.97. The lowest BCUT2D eigenvalue weighted by atomic mass is 10.1. The van der Waals surface area contributed by atoms with Crippen LogP contribution in [0.2, 0.25) is 0 Å². The highest BCUT2D eigenvalue weighted by atomic mass is 16.2. The number of hydrogen-bond donors (Lipinski definition) is 1. The van der Waals surface area contributed by atoms with Gasteiger partial charge in [-0.2, -0.15) is 5.10 Å². The van der Waals surface area contributed by atoms with Gasteiger partial charge in [-0.1, -0.05) is 17.2 Å². The van der Waals surface area contributed by atoms with Crippen LogP contribution in [0.3, 0.4) is 0 Å². The molecule has 1 N–H and O–H groups in total. The molecule has 7 nitrogen and oxygen atoms in total. The minimum atomic E-state index is -0.225. The van der Waals surface area contributed by atoms with Crippen LogP contribution >= 0.6 is 0 Å². The van der Waals surface area contributed by atoms with Gasteiger partial charge in [-0.15, -0.1) is 5.10 Å². The van der Waals surface area contributed by atoms with E-state index in [0.717, 1.165) is 11.1 Å². The van der Waals surface area contributed by atoms with Crippen molar-refractivity contribution in [2.45, 2.75) is 20.4 Å². The first-order chi connectivity index (χ1) is 12.0. The zero-order valence-corrected chi connectivity index (χ0v) is 14.1. The molecule has 3 rings (SSSR count). The van der Waals surface area contributed by atoms with Crippen molar-refractivity contribution >= 4 is 5.91 Å². The summed E-state index contributed by atoms with van der Waals surface area (Å²) in [5, 5.41) is 11.2. The van der Waals surface area contributed by atoms with Crippen LogP contribution < -0.4 is 10.9 Å². The topological polar surface area (TPSA) is 81.8 Å². The third-order valence-corrected chi connectivity index (χ3v) is 3.68. The molecule has 0 radical (unpaired) electrons. The molecular weight excluding hydrogens is 318 g/mol. The van der Waals surface area contributed by atoms with Crippen LogP contribution in [0.25, 0.3) is 5.82 Å². The van der Waals surface area contributed by atoms with Gasteiger partial charge in [0, 0.05) is 30.6 Å².